The summed E-state index contributed by atoms with van der Waals surface area (Å²) in [5.41, 5.74) is 1.69. The van der Waals surface area contributed by atoms with Gasteiger partial charge in [-0.15, -0.1) is 0 Å². The fraction of sp³-hybridized carbons (Fsp3) is 0.333. The molecule has 3 nitrogen and oxygen atoms in total. The number of pyridine rings is 1. The summed E-state index contributed by atoms with van der Waals surface area (Å²) in [7, 11) is 0. The van der Waals surface area contributed by atoms with Crippen molar-refractivity contribution in [3.63, 3.8) is 0 Å². The first-order chi connectivity index (χ1) is 10.8. The van der Waals surface area contributed by atoms with Crippen LogP contribution in [0.25, 0.3) is 0 Å². The molecule has 1 aliphatic carbocycles. The van der Waals surface area contributed by atoms with E-state index in [0.717, 1.165) is 18.4 Å². The number of rotatable bonds is 4. The monoisotopic (exact) mass is 314 g/mol. The number of carbonyl (C=O) groups excluding carboxylic acids is 1. The number of carbonyl (C=O) groups is 1. The molecule has 3 rings (SSSR count). The lowest BCUT2D eigenvalue weighted by molar-refractivity contribution is 0.0664. The molecule has 1 aromatic heterocycles. The molecule has 22 heavy (non-hydrogen) atoms. The van der Waals surface area contributed by atoms with Crippen LogP contribution in [0, 0.1) is 0 Å². The van der Waals surface area contributed by atoms with Crippen molar-refractivity contribution in [2.45, 2.75) is 38.3 Å². The quantitative estimate of drug-likeness (QED) is 0.842. The third-order valence-corrected chi connectivity index (χ3v) is 4.56. The van der Waals surface area contributed by atoms with E-state index < -0.39 is 0 Å². The molecule has 0 bridgehead atoms. The first kappa shape index (κ1) is 15.0. The molecule has 0 saturated heterocycles. The van der Waals surface area contributed by atoms with Crippen molar-refractivity contribution in [3.8, 4) is 0 Å². The van der Waals surface area contributed by atoms with Crippen molar-refractivity contribution in [1.82, 2.24) is 9.88 Å². The zero-order chi connectivity index (χ0) is 15.4. The van der Waals surface area contributed by atoms with Crippen LogP contribution in [0.3, 0.4) is 0 Å². The Labute approximate surface area is 135 Å². The lowest BCUT2D eigenvalue weighted by Gasteiger charge is -2.29. The average Bonchev–Trinajstić information content (AvgIpc) is 3.08. The van der Waals surface area contributed by atoms with Crippen LogP contribution in [0.4, 0.5) is 0 Å². The smallest absolute Gasteiger partial charge is 0.255 e. The SMILES string of the molecule is O=C(c1ccccc1Cl)N(Cc1ccncc1)C1CCCC1. The van der Waals surface area contributed by atoms with E-state index in [-0.39, 0.29) is 5.91 Å². The maximum absolute atomic E-state index is 13.0. The number of hydrogen-bond acceptors (Lipinski definition) is 2. The topological polar surface area (TPSA) is 33.2 Å². The van der Waals surface area contributed by atoms with Gasteiger partial charge in [0.1, 0.15) is 0 Å². The third-order valence-electron chi connectivity index (χ3n) is 4.23. The molecular formula is C18H19ClN2O. The molecule has 1 saturated carbocycles. The van der Waals surface area contributed by atoms with Gasteiger partial charge >= 0.3 is 0 Å². The molecule has 1 heterocycles. The Morgan fingerprint density at radius 1 is 1.14 bits per heavy atom. The van der Waals surface area contributed by atoms with Gasteiger partial charge < -0.3 is 4.90 Å². The number of halogens is 1. The predicted octanol–water partition coefficient (Wildman–Crippen LogP) is 4.32. The van der Waals surface area contributed by atoms with Gasteiger partial charge in [-0.1, -0.05) is 36.6 Å². The van der Waals surface area contributed by atoms with E-state index in [0.29, 0.717) is 23.2 Å². The maximum Gasteiger partial charge on any atom is 0.255 e. The average molecular weight is 315 g/mol. The normalized spacial score (nSPS) is 15.0. The molecule has 2 aromatic rings. The molecule has 114 valence electrons. The summed E-state index contributed by atoms with van der Waals surface area (Å²) in [6, 6.07) is 11.5. The van der Waals surface area contributed by atoms with Crippen LogP contribution in [0.5, 0.6) is 0 Å². The summed E-state index contributed by atoms with van der Waals surface area (Å²) in [6.07, 6.45) is 8.05. The lowest BCUT2D eigenvalue weighted by Crippen LogP contribution is -2.38. The van der Waals surface area contributed by atoms with Gasteiger partial charge in [0.05, 0.1) is 10.6 Å². The highest BCUT2D eigenvalue weighted by atomic mass is 35.5. The van der Waals surface area contributed by atoms with Gasteiger partial charge in [0.15, 0.2) is 0 Å². The van der Waals surface area contributed by atoms with Crippen LogP contribution < -0.4 is 0 Å². The summed E-state index contributed by atoms with van der Waals surface area (Å²) in [5.74, 6) is 0.0225. The zero-order valence-electron chi connectivity index (χ0n) is 12.4. The van der Waals surface area contributed by atoms with E-state index in [1.54, 1.807) is 24.5 Å². The molecule has 1 aromatic carbocycles. The Morgan fingerprint density at radius 3 is 2.50 bits per heavy atom. The van der Waals surface area contributed by atoms with Crippen LogP contribution in [0.2, 0.25) is 5.02 Å². The minimum absolute atomic E-state index is 0.0225. The van der Waals surface area contributed by atoms with Gasteiger partial charge in [0.25, 0.3) is 5.91 Å². The van der Waals surface area contributed by atoms with Gasteiger partial charge in [-0.3, -0.25) is 9.78 Å². The molecule has 0 spiro atoms. The molecule has 1 amide bonds. The molecule has 0 aliphatic heterocycles. The van der Waals surface area contributed by atoms with E-state index in [2.05, 4.69) is 4.98 Å². The van der Waals surface area contributed by atoms with Gasteiger partial charge in [-0.05, 0) is 42.7 Å². The molecule has 0 atom stereocenters. The molecule has 0 unspecified atom stereocenters. The second-order valence-corrected chi connectivity index (χ2v) is 6.11. The standard InChI is InChI=1S/C18H19ClN2O/c19-17-8-4-3-7-16(17)18(22)21(15-5-1-2-6-15)13-14-9-11-20-12-10-14/h3-4,7-12,15H,1-2,5-6,13H2. The molecule has 4 heteroatoms. The fourth-order valence-electron chi connectivity index (χ4n) is 3.06. The van der Waals surface area contributed by atoms with Crippen molar-refractivity contribution in [1.29, 1.82) is 0 Å². The van der Waals surface area contributed by atoms with Crippen molar-refractivity contribution >= 4 is 17.5 Å². The van der Waals surface area contributed by atoms with Gasteiger partial charge in [-0.25, -0.2) is 0 Å². The Balaban J connectivity index is 1.88. The minimum Gasteiger partial charge on any atom is -0.331 e. The highest BCUT2D eigenvalue weighted by molar-refractivity contribution is 6.33. The van der Waals surface area contributed by atoms with Crippen LogP contribution in [-0.2, 0) is 6.54 Å². The number of benzene rings is 1. The Morgan fingerprint density at radius 2 is 1.82 bits per heavy atom. The van der Waals surface area contributed by atoms with E-state index in [1.165, 1.54) is 12.8 Å². The second kappa shape index (κ2) is 6.93. The largest absolute Gasteiger partial charge is 0.331 e. The van der Waals surface area contributed by atoms with Crippen molar-refractivity contribution in [2.75, 3.05) is 0 Å². The molecular weight excluding hydrogens is 296 g/mol. The third kappa shape index (κ3) is 3.30. The van der Waals surface area contributed by atoms with Gasteiger partial charge in [0, 0.05) is 25.0 Å². The predicted molar refractivity (Wildman–Crippen MR) is 87.8 cm³/mol. The maximum atomic E-state index is 13.0. The van der Waals surface area contributed by atoms with Crippen LogP contribution in [-0.4, -0.2) is 21.8 Å². The van der Waals surface area contributed by atoms with Crippen LogP contribution >= 0.6 is 11.6 Å². The summed E-state index contributed by atoms with van der Waals surface area (Å²) in [4.78, 5) is 19.0. The first-order valence-corrected chi connectivity index (χ1v) is 8.08. The van der Waals surface area contributed by atoms with E-state index in [1.807, 2.05) is 29.2 Å². The summed E-state index contributed by atoms with van der Waals surface area (Å²) in [6.45, 7) is 0.608. The Bertz CT molecular complexity index is 639. The highest BCUT2D eigenvalue weighted by Crippen LogP contribution is 2.28. The summed E-state index contributed by atoms with van der Waals surface area (Å²) in [5, 5.41) is 0.519. The van der Waals surface area contributed by atoms with E-state index in [9.17, 15) is 4.79 Å². The summed E-state index contributed by atoms with van der Waals surface area (Å²) >= 11 is 6.22. The number of hydrogen-bond donors (Lipinski definition) is 0. The van der Waals surface area contributed by atoms with Crippen LogP contribution in [0.15, 0.2) is 48.8 Å². The van der Waals surface area contributed by atoms with Crippen molar-refractivity contribution in [2.24, 2.45) is 0 Å². The number of amides is 1. The molecule has 1 aliphatic rings. The molecule has 0 N–H and O–H groups in total. The lowest BCUT2D eigenvalue weighted by atomic mass is 10.1. The van der Waals surface area contributed by atoms with Crippen LogP contribution in [0.1, 0.15) is 41.6 Å². The number of nitrogens with zero attached hydrogens (tertiary/aromatic N) is 2. The Hall–Kier alpha value is -1.87. The molecule has 0 radical (unpaired) electrons. The van der Waals surface area contributed by atoms with E-state index >= 15 is 0 Å². The minimum atomic E-state index is 0.0225. The van der Waals surface area contributed by atoms with E-state index in [4.69, 9.17) is 11.6 Å². The zero-order valence-corrected chi connectivity index (χ0v) is 13.2. The first-order valence-electron chi connectivity index (χ1n) is 7.70. The summed E-state index contributed by atoms with van der Waals surface area (Å²) < 4.78 is 0. The molecule has 1 fully saturated rings. The van der Waals surface area contributed by atoms with Crippen molar-refractivity contribution < 1.29 is 4.79 Å². The fourth-order valence-corrected chi connectivity index (χ4v) is 3.27. The van der Waals surface area contributed by atoms with Crippen molar-refractivity contribution in [3.05, 3.63) is 64.9 Å². The number of aromatic nitrogens is 1. The Kier molecular flexibility index (Phi) is 4.74. The van der Waals surface area contributed by atoms with Gasteiger partial charge in [0.2, 0.25) is 0 Å². The highest BCUT2D eigenvalue weighted by Gasteiger charge is 2.28. The van der Waals surface area contributed by atoms with Gasteiger partial charge in [-0.2, -0.15) is 0 Å². The second-order valence-electron chi connectivity index (χ2n) is 5.71.